The molecule has 0 radical (unpaired) electrons. The van der Waals surface area contributed by atoms with Gasteiger partial charge in [0.1, 0.15) is 0 Å². The zero-order valence-electron chi connectivity index (χ0n) is 23.7. The minimum Gasteiger partial charge on any atom is -0.459 e. The van der Waals surface area contributed by atoms with Gasteiger partial charge < -0.3 is 24.5 Å². The van der Waals surface area contributed by atoms with Gasteiger partial charge in [0.25, 0.3) is 5.91 Å². The molecule has 4 heterocycles. The molecule has 0 unspecified atom stereocenters. The molecule has 1 saturated heterocycles. The van der Waals surface area contributed by atoms with E-state index in [2.05, 4.69) is 4.98 Å². The van der Waals surface area contributed by atoms with Gasteiger partial charge in [-0.05, 0) is 55.5 Å². The number of aliphatic hydroxyl groups is 1. The molecule has 2 atom stereocenters. The second kappa shape index (κ2) is 12.0. The predicted octanol–water partition coefficient (Wildman–Crippen LogP) is 4.31. The van der Waals surface area contributed by atoms with Gasteiger partial charge in [0.15, 0.2) is 5.76 Å². The Bertz CT molecular complexity index is 1690. The number of carbonyl (C=O) groups excluding carboxylic acids is 2. The van der Waals surface area contributed by atoms with Gasteiger partial charge in [0.05, 0.1) is 23.2 Å². The van der Waals surface area contributed by atoms with Gasteiger partial charge in [0, 0.05) is 56.6 Å². The lowest BCUT2D eigenvalue weighted by Crippen LogP contribution is -2.42. The number of para-hydroxylation sites is 3. The Morgan fingerprint density at radius 2 is 1.79 bits per heavy atom. The quantitative estimate of drug-likeness (QED) is 0.304. The van der Waals surface area contributed by atoms with Gasteiger partial charge in [-0.25, -0.2) is 4.79 Å². The fraction of sp³-hybridized carbons (Fsp3) is 0.406. The molecule has 2 aliphatic rings. The van der Waals surface area contributed by atoms with E-state index in [0.717, 1.165) is 27.5 Å². The second-order valence-corrected chi connectivity index (χ2v) is 11.1. The number of nitrogens with zero attached hydrogens (tertiary/aromatic N) is 3. The number of unbranched alkanes of at least 4 members (excludes halogenated alkanes) is 1. The number of ether oxygens (including phenoxy) is 2. The highest BCUT2D eigenvalue weighted by Crippen LogP contribution is 2.37. The van der Waals surface area contributed by atoms with Gasteiger partial charge in [-0.2, -0.15) is 0 Å². The number of carbonyl (C=O) groups is 2. The Morgan fingerprint density at radius 1 is 1.05 bits per heavy atom. The fourth-order valence-electron chi connectivity index (χ4n) is 6.24. The summed E-state index contributed by atoms with van der Waals surface area (Å²) in [5, 5.41) is 10.1. The minimum absolute atomic E-state index is 0.00739. The maximum absolute atomic E-state index is 13.8. The standard InChI is InChI=1S/C32H36N4O6/c1-21(38)35-20-25(24-8-2-4-10-27(24)35)22-18-29(42-30(19-22)41-17-7-6-16-37)31(39)34-14-12-23(13-15-34)36-28-11-5-3-9-26(28)33-32(36)40/h2-5,8-11,18,20,22-23,30,37H,6-7,12-17,19H2,1H3,(H,33,40)/t22-,30+/m1/s1. The molecule has 0 saturated carbocycles. The summed E-state index contributed by atoms with van der Waals surface area (Å²) in [6.45, 7) is 3.01. The van der Waals surface area contributed by atoms with Crippen molar-refractivity contribution in [3.63, 3.8) is 0 Å². The third-order valence-electron chi connectivity index (χ3n) is 8.35. The van der Waals surface area contributed by atoms with Crippen LogP contribution in [0.15, 0.2) is 71.4 Å². The highest BCUT2D eigenvalue weighted by atomic mass is 16.7. The van der Waals surface area contributed by atoms with E-state index in [4.69, 9.17) is 14.6 Å². The van der Waals surface area contributed by atoms with Gasteiger partial charge in [-0.1, -0.05) is 30.3 Å². The number of H-pyrrole nitrogens is 1. The molecule has 42 heavy (non-hydrogen) atoms. The number of likely N-dealkylation sites (tertiary alicyclic amines) is 1. The van der Waals surface area contributed by atoms with E-state index in [1.807, 2.05) is 65.4 Å². The van der Waals surface area contributed by atoms with Crippen LogP contribution >= 0.6 is 0 Å². The van der Waals surface area contributed by atoms with E-state index in [-0.39, 0.29) is 41.8 Å². The Balaban J connectivity index is 1.24. The number of benzene rings is 2. The number of piperidine rings is 1. The Morgan fingerprint density at radius 3 is 2.55 bits per heavy atom. The van der Waals surface area contributed by atoms with Crippen molar-refractivity contribution in [3.05, 3.63) is 82.6 Å². The number of aromatic amines is 1. The normalized spacial score (nSPS) is 19.7. The molecule has 220 valence electrons. The molecular weight excluding hydrogens is 536 g/mol. The molecule has 0 aliphatic carbocycles. The number of amides is 1. The molecule has 10 heteroatoms. The van der Waals surface area contributed by atoms with Crippen molar-refractivity contribution in [2.24, 2.45) is 0 Å². The van der Waals surface area contributed by atoms with Crippen LogP contribution in [0.5, 0.6) is 0 Å². The first kappa shape index (κ1) is 28.0. The number of rotatable bonds is 8. The van der Waals surface area contributed by atoms with Crippen LogP contribution in [0.2, 0.25) is 0 Å². The van der Waals surface area contributed by atoms with Gasteiger partial charge in [0.2, 0.25) is 12.2 Å². The first-order valence-corrected chi connectivity index (χ1v) is 14.6. The van der Waals surface area contributed by atoms with Crippen molar-refractivity contribution in [3.8, 4) is 0 Å². The molecular formula is C32H36N4O6. The summed E-state index contributed by atoms with van der Waals surface area (Å²) in [6, 6.07) is 15.4. The molecule has 2 aromatic carbocycles. The second-order valence-electron chi connectivity index (χ2n) is 11.1. The van der Waals surface area contributed by atoms with Crippen molar-refractivity contribution in [1.29, 1.82) is 0 Å². The molecule has 0 bridgehead atoms. The number of nitrogens with one attached hydrogen (secondary N) is 1. The molecule has 10 nitrogen and oxygen atoms in total. The minimum atomic E-state index is -0.639. The van der Waals surface area contributed by atoms with Crippen molar-refractivity contribution in [2.75, 3.05) is 26.3 Å². The number of hydrogen-bond donors (Lipinski definition) is 2. The zero-order valence-corrected chi connectivity index (χ0v) is 23.7. The third-order valence-corrected chi connectivity index (χ3v) is 8.35. The summed E-state index contributed by atoms with van der Waals surface area (Å²) in [5.74, 6) is -0.253. The molecule has 2 aromatic heterocycles. The van der Waals surface area contributed by atoms with Gasteiger partial charge >= 0.3 is 5.69 Å². The number of allylic oxidation sites excluding steroid dienone is 1. The fourth-order valence-corrected chi connectivity index (χ4v) is 6.24. The van der Waals surface area contributed by atoms with E-state index < -0.39 is 6.29 Å². The van der Waals surface area contributed by atoms with Crippen LogP contribution < -0.4 is 5.69 Å². The first-order valence-electron chi connectivity index (χ1n) is 14.6. The number of hydrogen-bond acceptors (Lipinski definition) is 6. The summed E-state index contributed by atoms with van der Waals surface area (Å²) < 4.78 is 15.6. The number of fused-ring (bicyclic) bond motifs is 2. The Kier molecular flexibility index (Phi) is 7.99. The maximum atomic E-state index is 13.8. The van der Waals surface area contributed by atoms with Crippen LogP contribution in [0.3, 0.4) is 0 Å². The average Bonchev–Trinajstić information content (AvgIpc) is 3.56. The maximum Gasteiger partial charge on any atom is 0.326 e. The lowest BCUT2D eigenvalue weighted by molar-refractivity contribution is -0.153. The average molecular weight is 573 g/mol. The van der Waals surface area contributed by atoms with Crippen molar-refractivity contribution in [1.82, 2.24) is 19.0 Å². The lowest BCUT2D eigenvalue weighted by atomic mass is 9.92. The molecule has 2 N–H and O–H groups in total. The molecule has 6 rings (SSSR count). The van der Waals surface area contributed by atoms with Crippen LogP contribution in [-0.4, -0.2) is 68.5 Å². The van der Waals surface area contributed by atoms with Crippen molar-refractivity contribution < 1.29 is 24.2 Å². The third kappa shape index (κ3) is 5.39. The summed E-state index contributed by atoms with van der Waals surface area (Å²) in [6.07, 6.45) is 6.17. The monoisotopic (exact) mass is 572 g/mol. The molecule has 0 spiro atoms. The SMILES string of the molecule is CC(=O)n1cc([C@@H]2C=C(C(=O)N3CCC(n4c(=O)[nH]c5ccccc54)CC3)O[C@H](OCCCCO)C2)c2ccccc21. The molecule has 1 amide bonds. The number of aromatic nitrogens is 3. The van der Waals surface area contributed by atoms with Crippen molar-refractivity contribution >= 4 is 33.8 Å². The topological polar surface area (TPSA) is 119 Å². The van der Waals surface area contributed by atoms with Crippen LogP contribution in [0.1, 0.15) is 61.3 Å². The van der Waals surface area contributed by atoms with Crippen molar-refractivity contribution in [2.45, 2.75) is 57.3 Å². The van der Waals surface area contributed by atoms with Gasteiger partial charge in [-0.3, -0.25) is 18.7 Å². The Labute approximate surface area is 243 Å². The number of aliphatic hydroxyl groups excluding tert-OH is 1. The molecule has 4 aromatic rings. The zero-order chi connectivity index (χ0) is 29.2. The molecule has 2 aliphatic heterocycles. The highest BCUT2D eigenvalue weighted by molar-refractivity contribution is 5.95. The smallest absolute Gasteiger partial charge is 0.326 e. The first-order chi connectivity index (χ1) is 20.4. The van der Waals surface area contributed by atoms with Crippen LogP contribution in [0.4, 0.5) is 0 Å². The van der Waals surface area contributed by atoms with Gasteiger partial charge in [-0.15, -0.1) is 0 Å². The lowest BCUT2D eigenvalue weighted by Gasteiger charge is -2.35. The number of imidazole rings is 1. The van der Waals surface area contributed by atoms with E-state index >= 15 is 0 Å². The summed E-state index contributed by atoms with van der Waals surface area (Å²) in [5.41, 5.74) is 3.31. The van der Waals surface area contributed by atoms with Crippen LogP contribution in [0.25, 0.3) is 21.9 Å². The molecule has 1 fully saturated rings. The van der Waals surface area contributed by atoms with Crippen LogP contribution in [-0.2, 0) is 14.3 Å². The predicted molar refractivity (Wildman–Crippen MR) is 158 cm³/mol. The summed E-state index contributed by atoms with van der Waals surface area (Å²) in [7, 11) is 0. The van der Waals surface area contributed by atoms with E-state index in [9.17, 15) is 14.4 Å². The highest BCUT2D eigenvalue weighted by Gasteiger charge is 2.34. The van der Waals surface area contributed by atoms with E-state index in [1.165, 1.54) is 6.92 Å². The van der Waals surface area contributed by atoms with E-state index in [1.54, 1.807) is 9.47 Å². The Hall–Kier alpha value is -4.15. The summed E-state index contributed by atoms with van der Waals surface area (Å²) in [4.78, 5) is 43.6. The summed E-state index contributed by atoms with van der Waals surface area (Å²) >= 11 is 0. The van der Waals surface area contributed by atoms with Crippen LogP contribution in [0, 0.1) is 0 Å². The largest absolute Gasteiger partial charge is 0.459 e. The van der Waals surface area contributed by atoms with E-state index in [0.29, 0.717) is 51.8 Å².